The van der Waals surface area contributed by atoms with Crippen molar-refractivity contribution in [2.24, 2.45) is 11.8 Å². The molecule has 2 rings (SSSR count). The molecule has 2 saturated heterocycles. The van der Waals surface area contributed by atoms with E-state index in [9.17, 15) is 5.11 Å². The maximum Gasteiger partial charge on any atom is 0.107 e. The summed E-state index contributed by atoms with van der Waals surface area (Å²) in [6.07, 6.45) is 4.62. The second-order valence-electron chi connectivity index (χ2n) is 5.31. The Balaban J connectivity index is 1.92. The largest absolute Gasteiger partial charge is 0.378 e. The standard InChI is InChI=1S/C12H24N2O/c1-9-7-11(8-12(15)14(9)2)10-3-5-13-6-4-10/h9-13,15H,3-8H2,1-2H3/t9-,11+,12+/m1/s1. The van der Waals surface area contributed by atoms with Gasteiger partial charge in [-0.25, -0.2) is 0 Å². The number of aliphatic hydroxyl groups excluding tert-OH is 1. The minimum Gasteiger partial charge on any atom is -0.378 e. The highest BCUT2D eigenvalue weighted by Crippen LogP contribution is 2.34. The molecule has 0 aromatic heterocycles. The average Bonchev–Trinajstić information content (AvgIpc) is 2.26. The Bertz CT molecular complexity index is 192. The highest BCUT2D eigenvalue weighted by atomic mass is 16.3. The van der Waals surface area contributed by atoms with Crippen LogP contribution in [0, 0.1) is 11.8 Å². The summed E-state index contributed by atoms with van der Waals surface area (Å²) in [5.41, 5.74) is 0. The Morgan fingerprint density at radius 2 is 1.80 bits per heavy atom. The summed E-state index contributed by atoms with van der Waals surface area (Å²) in [6.45, 7) is 4.57. The maximum absolute atomic E-state index is 9.96. The summed E-state index contributed by atoms with van der Waals surface area (Å²) in [5, 5.41) is 13.4. The van der Waals surface area contributed by atoms with Crippen molar-refractivity contribution in [2.75, 3.05) is 20.1 Å². The van der Waals surface area contributed by atoms with Gasteiger partial charge in [-0.2, -0.15) is 0 Å². The van der Waals surface area contributed by atoms with Gasteiger partial charge in [0.1, 0.15) is 6.23 Å². The molecular weight excluding hydrogens is 188 g/mol. The lowest BCUT2D eigenvalue weighted by Gasteiger charge is -2.43. The van der Waals surface area contributed by atoms with Crippen LogP contribution in [0.3, 0.4) is 0 Å². The Kier molecular flexibility index (Phi) is 3.65. The van der Waals surface area contributed by atoms with Crippen LogP contribution in [0.2, 0.25) is 0 Å². The maximum atomic E-state index is 9.96. The van der Waals surface area contributed by atoms with Gasteiger partial charge < -0.3 is 10.4 Å². The van der Waals surface area contributed by atoms with Gasteiger partial charge in [-0.15, -0.1) is 0 Å². The average molecular weight is 212 g/mol. The highest BCUT2D eigenvalue weighted by molar-refractivity contribution is 4.85. The lowest BCUT2D eigenvalue weighted by atomic mass is 9.77. The van der Waals surface area contributed by atoms with Gasteiger partial charge >= 0.3 is 0 Å². The summed E-state index contributed by atoms with van der Waals surface area (Å²) in [7, 11) is 2.04. The highest BCUT2D eigenvalue weighted by Gasteiger charge is 2.34. The van der Waals surface area contributed by atoms with E-state index in [0.29, 0.717) is 6.04 Å². The van der Waals surface area contributed by atoms with E-state index in [-0.39, 0.29) is 6.23 Å². The van der Waals surface area contributed by atoms with Gasteiger partial charge in [0.25, 0.3) is 0 Å². The SMILES string of the molecule is C[C@@H]1C[C@H](C2CCNCC2)C[C@H](O)N1C. The van der Waals surface area contributed by atoms with Crippen LogP contribution >= 0.6 is 0 Å². The fourth-order valence-electron chi connectivity index (χ4n) is 3.13. The number of nitrogens with zero attached hydrogens (tertiary/aromatic N) is 1. The third kappa shape index (κ3) is 2.52. The normalized spacial score (nSPS) is 40.6. The van der Waals surface area contributed by atoms with Crippen LogP contribution in [0.4, 0.5) is 0 Å². The third-order valence-electron chi connectivity index (χ3n) is 4.37. The molecule has 88 valence electrons. The molecule has 3 atom stereocenters. The molecule has 3 heteroatoms. The second-order valence-corrected chi connectivity index (χ2v) is 5.31. The molecule has 0 spiro atoms. The van der Waals surface area contributed by atoms with Crippen LogP contribution in [-0.2, 0) is 0 Å². The molecule has 2 aliphatic rings. The molecule has 2 N–H and O–H groups in total. The molecule has 0 aromatic rings. The van der Waals surface area contributed by atoms with E-state index in [1.807, 2.05) is 7.05 Å². The molecule has 15 heavy (non-hydrogen) atoms. The summed E-state index contributed by atoms with van der Waals surface area (Å²) in [6, 6.07) is 0.536. The molecule has 2 heterocycles. The summed E-state index contributed by atoms with van der Waals surface area (Å²) in [5.74, 6) is 1.59. The zero-order chi connectivity index (χ0) is 10.8. The number of likely N-dealkylation sites (tertiary alicyclic amines) is 1. The predicted molar refractivity (Wildman–Crippen MR) is 61.5 cm³/mol. The van der Waals surface area contributed by atoms with Crippen LogP contribution in [0.1, 0.15) is 32.6 Å². The van der Waals surface area contributed by atoms with Crippen molar-refractivity contribution >= 4 is 0 Å². The molecule has 0 bridgehead atoms. The van der Waals surface area contributed by atoms with Crippen molar-refractivity contribution < 1.29 is 5.11 Å². The van der Waals surface area contributed by atoms with E-state index in [1.165, 1.54) is 32.4 Å². The molecule has 0 unspecified atom stereocenters. The number of hydrogen-bond donors (Lipinski definition) is 2. The van der Waals surface area contributed by atoms with Gasteiger partial charge in [0, 0.05) is 6.04 Å². The smallest absolute Gasteiger partial charge is 0.107 e. The minimum absolute atomic E-state index is 0.214. The summed E-state index contributed by atoms with van der Waals surface area (Å²) >= 11 is 0. The third-order valence-corrected chi connectivity index (χ3v) is 4.37. The van der Waals surface area contributed by atoms with Crippen LogP contribution < -0.4 is 5.32 Å². The monoisotopic (exact) mass is 212 g/mol. The lowest BCUT2D eigenvalue weighted by Crippen LogP contribution is -2.47. The van der Waals surface area contributed by atoms with Crippen molar-refractivity contribution in [3.63, 3.8) is 0 Å². The number of hydrogen-bond acceptors (Lipinski definition) is 3. The summed E-state index contributed by atoms with van der Waals surface area (Å²) < 4.78 is 0. The van der Waals surface area contributed by atoms with Crippen LogP contribution in [0.5, 0.6) is 0 Å². The van der Waals surface area contributed by atoms with Gasteiger partial charge in [-0.3, -0.25) is 4.90 Å². The molecular formula is C12H24N2O. The molecule has 3 nitrogen and oxygen atoms in total. The van der Waals surface area contributed by atoms with E-state index in [4.69, 9.17) is 0 Å². The fourth-order valence-corrected chi connectivity index (χ4v) is 3.13. The van der Waals surface area contributed by atoms with Gasteiger partial charge in [0.15, 0.2) is 0 Å². The van der Waals surface area contributed by atoms with Crippen LogP contribution in [0.25, 0.3) is 0 Å². The van der Waals surface area contributed by atoms with Crippen molar-refractivity contribution in [1.82, 2.24) is 10.2 Å². The Labute approximate surface area is 92.8 Å². The fraction of sp³-hybridized carbons (Fsp3) is 1.00. The Hall–Kier alpha value is -0.120. The molecule has 0 amide bonds. The number of aliphatic hydroxyl groups is 1. The first kappa shape index (κ1) is 11.4. The Morgan fingerprint density at radius 3 is 2.40 bits per heavy atom. The first-order valence-corrected chi connectivity index (χ1v) is 6.29. The van der Waals surface area contributed by atoms with Crippen molar-refractivity contribution in [3.8, 4) is 0 Å². The second kappa shape index (κ2) is 4.81. The topological polar surface area (TPSA) is 35.5 Å². The van der Waals surface area contributed by atoms with E-state index < -0.39 is 0 Å². The van der Waals surface area contributed by atoms with Gasteiger partial charge in [-0.1, -0.05) is 0 Å². The minimum atomic E-state index is -0.214. The van der Waals surface area contributed by atoms with Gasteiger partial charge in [0.05, 0.1) is 0 Å². The zero-order valence-corrected chi connectivity index (χ0v) is 9.95. The first-order chi connectivity index (χ1) is 7.18. The number of rotatable bonds is 1. The molecule has 2 aliphatic heterocycles. The zero-order valence-electron chi connectivity index (χ0n) is 9.95. The van der Waals surface area contributed by atoms with E-state index in [1.54, 1.807) is 0 Å². The lowest BCUT2D eigenvalue weighted by molar-refractivity contribution is -0.0661. The first-order valence-electron chi connectivity index (χ1n) is 6.29. The molecule has 0 aliphatic carbocycles. The van der Waals surface area contributed by atoms with Crippen molar-refractivity contribution in [2.45, 2.75) is 44.9 Å². The van der Waals surface area contributed by atoms with Crippen LogP contribution in [-0.4, -0.2) is 42.4 Å². The molecule has 0 radical (unpaired) electrons. The molecule has 2 fully saturated rings. The quantitative estimate of drug-likeness (QED) is 0.681. The van der Waals surface area contributed by atoms with Gasteiger partial charge in [-0.05, 0) is 64.6 Å². The van der Waals surface area contributed by atoms with Crippen LogP contribution in [0.15, 0.2) is 0 Å². The predicted octanol–water partition coefficient (Wildman–Crippen LogP) is 1.03. The Morgan fingerprint density at radius 1 is 1.13 bits per heavy atom. The van der Waals surface area contributed by atoms with Crippen molar-refractivity contribution in [3.05, 3.63) is 0 Å². The van der Waals surface area contributed by atoms with E-state index in [0.717, 1.165) is 18.3 Å². The number of nitrogens with one attached hydrogen (secondary N) is 1. The van der Waals surface area contributed by atoms with Crippen molar-refractivity contribution in [1.29, 1.82) is 0 Å². The van der Waals surface area contributed by atoms with E-state index in [2.05, 4.69) is 17.1 Å². The summed E-state index contributed by atoms with van der Waals surface area (Å²) in [4.78, 5) is 2.11. The molecule has 0 saturated carbocycles. The number of piperidine rings is 2. The van der Waals surface area contributed by atoms with Gasteiger partial charge in [0.2, 0.25) is 0 Å². The molecule has 0 aromatic carbocycles. The van der Waals surface area contributed by atoms with E-state index >= 15 is 0 Å².